The number of hydrogen-bond acceptors (Lipinski definition) is 6. The molecule has 7 N–H and O–H groups in total. The van der Waals surface area contributed by atoms with Gasteiger partial charge in [-0.05, 0) is 26.2 Å². The lowest BCUT2D eigenvalue weighted by atomic mass is 10.0. The van der Waals surface area contributed by atoms with Crippen molar-refractivity contribution in [2.75, 3.05) is 0 Å². The van der Waals surface area contributed by atoms with Crippen molar-refractivity contribution in [2.45, 2.75) is 64.7 Å². The Morgan fingerprint density at radius 1 is 0.852 bits per heavy atom. The van der Waals surface area contributed by atoms with Gasteiger partial charge in [-0.15, -0.1) is 0 Å². The number of carbonyl (C=O) groups excluding carboxylic acids is 3. The highest BCUT2D eigenvalue weighted by molar-refractivity contribution is 5.94. The largest absolute Gasteiger partial charge is 0.481 e. The van der Waals surface area contributed by atoms with E-state index in [-0.39, 0.29) is 12.3 Å². The minimum absolute atomic E-state index is 0.245. The van der Waals surface area contributed by atoms with E-state index in [0.717, 1.165) is 0 Å². The quantitative estimate of drug-likeness (QED) is 0.244. The molecule has 11 nitrogen and oxygen atoms in total. The molecule has 0 radical (unpaired) electrons. The second-order valence-corrected chi connectivity index (χ2v) is 6.58. The minimum atomic E-state index is -1.28. The Morgan fingerprint density at radius 2 is 1.41 bits per heavy atom. The molecule has 0 aliphatic carbocycles. The summed E-state index contributed by atoms with van der Waals surface area (Å²) < 4.78 is 0. The fourth-order valence-electron chi connectivity index (χ4n) is 1.99. The van der Waals surface area contributed by atoms with Crippen LogP contribution in [0.1, 0.15) is 40.5 Å². The topological polar surface area (TPSA) is 188 Å². The number of nitrogens with two attached hydrogens (primary N) is 1. The summed E-state index contributed by atoms with van der Waals surface area (Å²) in [5.41, 5.74) is 5.47. The first-order valence-corrected chi connectivity index (χ1v) is 8.48. The lowest BCUT2D eigenvalue weighted by Crippen LogP contribution is -2.58. The van der Waals surface area contributed by atoms with E-state index in [4.69, 9.17) is 15.9 Å². The van der Waals surface area contributed by atoms with Gasteiger partial charge in [-0.3, -0.25) is 24.0 Å². The fourth-order valence-corrected chi connectivity index (χ4v) is 1.99. The Kier molecular flexibility index (Phi) is 10.0. The van der Waals surface area contributed by atoms with Crippen LogP contribution in [-0.2, 0) is 24.0 Å². The first-order chi connectivity index (χ1) is 12.4. The van der Waals surface area contributed by atoms with Gasteiger partial charge in [0.1, 0.15) is 18.1 Å². The second kappa shape index (κ2) is 11.1. The summed E-state index contributed by atoms with van der Waals surface area (Å²) in [5, 5.41) is 24.7. The van der Waals surface area contributed by atoms with Gasteiger partial charge in [0, 0.05) is 6.42 Å². The summed E-state index contributed by atoms with van der Waals surface area (Å²) in [6.07, 6.45) is -0.663. The third-order valence-corrected chi connectivity index (χ3v) is 3.67. The summed E-state index contributed by atoms with van der Waals surface area (Å²) in [5.74, 6) is -4.90. The highest BCUT2D eigenvalue weighted by atomic mass is 16.4. The lowest BCUT2D eigenvalue weighted by Gasteiger charge is -2.26. The van der Waals surface area contributed by atoms with Crippen molar-refractivity contribution >= 4 is 29.7 Å². The maximum atomic E-state index is 12.5. The molecule has 0 aliphatic heterocycles. The number of aliphatic carboxylic acids is 2. The number of hydrogen-bond donors (Lipinski definition) is 6. The summed E-state index contributed by atoms with van der Waals surface area (Å²) in [4.78, 5) is 58.2. The Morgan fingerprint density at radius 3 is 1.81 bits per heavy atom. The van der Waals surface area contributed by atoms with Crippen LogP contribution in [0.5, 0.6) is 0 Å². The molecular formula is C16H28N4O7. The van der Waals surface area contributed by atoms with Gasteiger partial charge in [-0.25, -0.2) is 0 Å². The molecule has 27 heavy (non-hydrogen) atoms. The maximum Gasteiger partial charge on any atom is 0.325 e. The second-order valence-electron chi connectivity index (χ2n) is 6.58. The smallest absolute Gasteiger partial charge is 0.325 e. The third-order valence-electron chi connectivity index (χ3n) is 3.67. The molecule has 154 valence electrons. The third kappa shape index (κ3) is 8.99. The maximum absolute atomic E-state index is 12.5. The summed E-state index contributed by atoms with van der Waals surface area (Å²) in [6.45, 7) is 6.02. The Balaban J connectivity index is 5.26. The first-order valence-electron chi connectivity index (χ1n) is 8.48. The van der Waals surface area contributed by atoms with Crippen LogP contribution in [-0.4, -0.2) is 64.0 Å². The average molecular weight is 388 g/mol. The monoisotopic (exact) mass is 388 g/mol. The van der Waals surface area contributed by atoms with Crippen LogP contribution in [0.15, 0.2) is 0 Å². The van der Waals surface area contributed by atoms with Gasteiger partial charge in [0.15, 0.2) is 0 Å². The molecule has 11 heteroatoms. The zero-order chi connectivity index (χ0) is 21.3. The fraction of sp³-hybridized carbons (Fsp3) is 0.688. The van der Waals surface area contributed by atoms with E-state index in [1.807, 2.05) is 0 Å². The SMILES string of the molecule is CC(N)C(=O)NC(C(=O)NC(CCC(=O)O)C(=O)NC(C)C(=O)O)C(C)C. The van der Waals surface area contributed by atoms with Crippen molar-refractivity contribution in [1.29, 1.82) is 0 Å². The lowest BCUT2D eigenvalue weighted by molar-refractivity contribution is -0.142. The van der Waals surface area contributed by atoms with Gasteiger partial charge in [-0.2, -0.15) is 0 Å². The van der Waals surface area contributed by atoms with Gasteiger partial charge >= 0.3 is 11.9 Å². The molecule has 0 saturated heterocycles. The molecule has 0 heterocycles. The van der Waals surface area contributed by atoms with Crippen molar-refractivity contribution in [2.24, 2.45) is 11.7 Å². The van der Waals surface area contributed by atoms with E-state index >= 15 is 0 Å². The molecule has 0 aromatic heterocycles. The molecule has 0 aromatic rings. The van der Waals surface area contributed by atoms with Gasteiger partial charge in [0.05, 0.1) is 6.04 Å². The van der Waals surface area contributed by atoms with Crippen LogP contribution < -0.4 is 21.7 Å². The average Bonchev–Trinajstić information content (AvgIpc) is 2.54. The molecule has 0 rings (SSSR count). The standard InChI is InChI=1S/C16H28N4O7/c1-7(2)12(20-13(23)8(3)17)15(25)19-10(5-6-11(21)22)14(24)18-9(4)16(26)27/h7-10,12H,5-6,17H2,1-4H3,(H,18,24)(H,19,25)(H,20,23)(H,21,22)(H,26,27). The Bertz CT molecular complexity index is 577. The van der Waals surface area contributed by atoms with Crippen molar-refractivity contribution in [3.05, 3.63) is 0 Å². The Hall–Kier alpha value is -2.69. The zero-order valence-electron chi connectivity index (χ0n) is 15.8. The molecule has 0 aliphatic rings. The molecule has 0 bridgehead atoms. The molecule has 4 unspecified atom stereocenters. The van der Waals surface area contributed by atoms with E-state index in [0.29, 0.717) is 0 Å². The highest BCUT2D eigenvalue weighted by Gasteiger charge is 2.30. The number of nitrogens with one attached hydrogen (secondary N) is 3. The molecule has 0 aromatic carbocycles. The van der Waals surface area contributed by atoms with Crippen LogP contribution >= 0.6 is 0 Å². The number of carbonyl (C=O) groups is 5. The van der Waals surface area contributed by atoms with Crippen molar-refractivity contribution in [3.63, 3.8) is 0 Å². The molecule has 4 atom stereocenters. The van der Waals surface area contributed by atoms with Gasteiger partial charge in [0.25, 0.3) is 0 Å². The predicted molar refractivity (Wildman–Crippen MR) is 94.5 cm³/mol. The zero-order valence-corrected chi connectivity index (χ0v) is 15.8. The summed E-state index contributed by atoms with van der Waals surface area (Å²) in [6, 6.07) is -4.34. The van der Waals surface area contributed by atoms with Crippen LogP contribution in [0.3, 0.4) is 0 Å². The summed E-state index contributed by atoms with van der Waals surface area (Å²) in [7, 11) is 0. The van der Waals surface area contributed by atoms with E-state index in [9.17, 15) is 24.0 Å². The van der Waals surface area contributed by atoms with E-state index < -0.39 is 60.2 Å². The number of carboxylic acids is 2. The Labute approximate surface area is 157 Å². The van der Waals surface area contributed by atoms with Crippen molar-refractivity contribution < 1.29 is 34.2 Å². The van der Waals surface area contributed by atoms with Crippen LogP contribution in [0.4, 0.5) is 0 Å². The van der Waals surface area contributed by atoms with E-state index in [1.54, 1.807) is 13.8 Å². The molecular weight excluding hydrogens is 360 g/mol. The predicted octanol–water partition coefficient (Wildman–Crippen LogP) is -1.59. The van der Waals surface area contributed by atoms with Gasteiger partial charge in [-0.1, -0.05) is 13.8 Å². The van der Waals surface area contributed by atoms with Crippen molar-refractivity contribution in [3.8, 4) is 0 Å². The van der Waals surface area contributed by atoms with Crippen molar-refractivity contribution in [1.82, 2.24) is 16.0 Å². The summed E-state index contributed by atoms with van der Waals surface area (Å²) >= 11 is 0. The van der Waals surface area contributed by atoms with Gasteiger partial charge < -0.3 is 31.9 Å². The molecule has 0 spiro atoms. The highest BCUT2D eigenvalue weighted by Crippen LogP contribution is 2.06. The van der Waals surface area contributed by atoms with Crippen LogP contribution in [0.2, 0.25) is 0 Å². The first kappa shape index (κ1) is 24.3. The number of rotatable bonds is 11. The minimum Gasteiger partial charge on any atom is -0.481 e. The van der Waals surface area contributed by atoms with Crippen LogP contribution in [0.25, 0.3) is 0 Å². The number of carboxylic acid groups (broad SMARTS) is 2. The van der Waals surface area contributed by atoms with E-state index in [2.05, 4.69) is 16.0 Å². The normalized spacial score (nSPS) is 15.2. The molecule has 0 saturated carbocycles. The van der Waals surface area contributed by atoms with Gasteiger partial charge in [0.2, 0.25) is 17.7 Å². The van der Waals surface area contributed by atoms with Crippen LogP contribution in [0, 0.1) is 5.92 Å². The molecule has 3 amide bonds. The number of amides is 3. The van der Waals surface area contributed by atoms with E-state index in [1.165, 1.54) is 13.8 Å². The molecule has 0 fully saturated rings.